The summed E-state index contributed by atoms with van der Waals surface area (Å²) < 4.78 is 0. The van der Waals surface area contributed by atoms with Gasteiger partial charge < -0.3 is 0 Å². The molecular formula is C18H30S. The Bertz CT molecular complexity index is 281. The zero-order valence-corrected chi connectivity index (χ0v) is 13.2. The van der Waals surface area contributed by atoms with Gasteiger partial charge in [0.1, 0.15) is 0 Å². The first-order valence-electron chi connectivity index (χ1n) is 8.08. The molecule has 0 heterocycles. The van der Waals surface area contributed by atoms with Gasteiger partial charge >= 0.3 is 0 Å². The van der Waals surface area contributed by atoms with Crippen molar-refractivity contribution < 1.29 is 0 Å². The minimum absolute atomic E-state index is 1.06. The minimum Gasteiger partial charge on any atom is -0.179 e. The van der Waals surface area contributed by atoms with Gasteiger partial charge in [-0.3, -0.25) is 0 Å². The van der Waals surface area contributed by atoms with Gasteiger partial charge in [-0.05, 0) is 30.6 Å². The van der Waals surface area contributed by atoms with E-state index in [1.165, 1.54) is 76.2 Å². The van der Waals surface area contributed by atoms with Crippen LogP contribution in [-0.2, 0) is 6.42 Å². The lowest BCUT2D eigenvalue weighted by Crippen LogP contribution is -1.86. The van der Waals surface area contributed by atoms with E-state index in [1.807, 2.05) is 0 Å². The lowest BCUT2D eigenvalue weighted by molar-refractivity contribution is 0.557. The van der Waals surface area contributed by atoms with E-state index >= 15 is 0 Å². The molecule has 0 amide bonds. The van der Waals surface area contributed by atoms with Crippen molar-refractivity contribution in [3.8, 4) is 0 Å². The van der Waals surface area contributed by atoms with E-state index in [2.05, 4.69) is 43.0 Å². The van der Waals surface area contributed by atoms with E-state index in [0.717, 1.165) is 5.75 Å². The standard InChI is InChI=1S/C18H30S/c19-17-13-8-6-4-2-1-3-5-7-10-14-18-15-11-9-12-16-18/h9,11-12,15-16,19H,1-8,10,13-14,17H2. The molecule has 0 fully saturated rings. The first kappa shape index (κ1) is 16.6. The summed E-state index contributed by atoms with van der Waals surface area (Å²) in [6, 6.07) is 10.9. The molecule has 0 saturated heterocycles. The van der Waals surface area contributed by atoms with Gasteiger partial charge in [0.2, 0.25) is 0 Å². The second-order valence-electron chi connectivity index (χ2n) is 5.49. The second kappa shape index (κ2) is 12.6. The zero-order chi connectivity index (χ0) is 13.6. The van der Waals surface area contributed by atoms with Gasteiger partial charge in [-0.1, -0.05) is 81.7 Å². The van der Waals surface area contributed by atoms with Gasteiger partial charge in [0.05, 0.1) is 0 Å². The summed E-state index contributed by atoms with van der Waals surface area (Å²) in [4.78, 5) is 0. The first-order chi connectivity index (χ1) is 9.43. The lowest BCUT2D eigenvalue weighted by Gasteiger charge is -2.03. The van der Waals surface area contributed by atoms with Crippen molar-refractivity contribution in [3.63, 3.8) is 0 Å². The molecule has 1 rings (SSSR count). The van der Waals surface area contributed by atoms with Gasteiger partial charge in [-0.25, -0.2) is 0 Å². The van der Waals surface area contributed by atoms with Crippen LogP contribution in [0.4, 0.5) is 0 Å². The Kier molecular flexibility index (Phi) is 11.0. The summed E-state index contributed by atoms with van der Waals surface area (Å²) in [5.41, 5.74) is 1.49. The first-order valence-corrected chi connectivity index (χ1v) is 8.71. The van der Waals surface area contributed by atoms with E-state index in [4.69, 9.17) is 0 Å². The highest BCUT2D eigenvalue weighted by Gasteiger charge is 1.94. The summed E-state index contributed by atoms with van der Waals surface area (Å²) in [5.74, 6) is 1.06. The number of hydrogen-bond donors (Lipinski definition) is 1. The Morgan fingerprint density at radius 1 is 0.579 bits per heavy atom. The summed E-state index contributed by atoms with van der Waals surface area (Å²) in [5, 5.41) is 0. The number of thiol groups is 1. The van der Waals surface area contributed by atoms with Crippen LogP contribution in [0.3, 0.4) is 0 Å². The maximum atomic E-state index is 4.24. The smallest absolute Gasteiger partial charge is 0.00979 e. The lowest BCUT2D eigenvalue weighted by atomic mass is 10.0. The molecule has 0 saturated carbocycles. The van der Waals surface area contributed by atoms with Gasteiger partial charge in [-0.15, -0.1) is 0 Å². The van der Waals surface area contributed by atoms with Crippen molar-refractivity contribution in [3.05, 3.63) is 35.9 Å². The SMILES string of the molecule is SCCCCCCCCCCCCc1ccccc1. The van der Waals surface area contributed by atoms with Gasteiger partial charge in [-0.2, -0.15) is 12.6 Å². The molecule has 0 radical (unpaired) electrons. The monoisotopic (exact) mass is 278 g/mol. The highest BCUT2D eigenvalue weighted by Crippen LogP contribution is 2.12. The highest BCUT2D eigenvalue weighted by molar-refractivity contribution is 7.80. The van der Waals surface area contributed by atoms with Crippen molar-refractivity contribution in [1.82, 2.24) is 0 Å². The van der Waals surface area contributed by atoms with Crippen LogP contribution in [0.15, 0.2) is 30.3 Å². The fraction of sp³-hybridized carbons (Fsp3) is 0.667. The fourth-order valence-electron chi connectivity index (χ4n) is 2.50. The zero-order valence-electron chi connectivity index (χ0n) is 12.3. The summed E-state index contributed by atoms with van der Waals surface area (Å²) >= 11 is 4.24. The number of hydrogen-bond acceptors (Lipinski definition) is 1. The molecule has 0 spiro atoms. The Labute approximate surface area is 125 Å². The van der Waals surface area contributed by atoms with Crippen molar-refractivity contribution in [2.24, 2.45) is 0 Å². The van der Waals surface area contributed by atoms with E-state index in [9.17, 15) is 0 Å². The topological polar surface area (TPSA) is 0 Å². The van der Waals surface area contributed by atoms with Crippen molar-refractivity contribution in [2.75, 3.05) is 5.75 Å². The Morgan fingerprint density at radius 2 is 1.05 bits per heavy atom. The van der Waals surface area contributed by atoms with Crippen LogP contribution < -0.4 is 0 Å². The highest BCUT2D eigenvalue weighted by atomic mass is 32.1. The molecule has 0 aliphatic carbocycles. The molecule has 0 atom stereocenters. The predicted octanol–water partition coefficient (Wildman–Crippen LogP) is 6.06. The van der Waals surface area contributed by atoms with Crippen molar-refractivity contribution in [1.29, 1.82) is 0 Å². The number of rotatable bonds is 12. The predicted molar refractivity (Wildman–Crippen MR) is 90.2 cm³/mol. The summed E-state index contributed by atoms with van der Waals surface area (Å²) in [6.07, 6.45) is 15.2. The normalized spacial score (nSPS) is 10.8. The number of benzene rings is 1. The molecule has 108 valence electrons. The third-order valence-corrected chi connectivity index (χ3v) is 4.03. The van der Waals surface area contributed by atoms with Crippen molar-refractivity contribution >= 4 is 12.6 Å². The Morgan fingerprint density at radius 3 is 1.58 bits per heavy atom. The molecule has 0 unspecified atom stereocenters. The van der Waals surface area contributed by atoms with Crippen LogP contribution in [0.25, 0.3) is 0 Å². The third-order valence-electron chi connectivity index (χ3n) is 3.72. The van der Waals surface area contributed by atoms with Crippen LogP contribution in [0.5, 0.6) is 0 Å². The average Bonchev–Trinajstić information content (AvgIpc) is 2.46. The summed E-state index contributed by atoms with van der Waals surface area (Å²) in [7, 11) is 0. The molecule has 0 aromatic heterocycles. The molecule has 19 heavy (non-hydrogen) atoms. The van der Waals surface area contributed by atoms with Gasteiger partial charge in [0.15, 0.2) is 0 Å². The maximum absolute atomic E-state index is 4.24. The van der Waals surface area contributed by atoms with Crippen LogP contribution >= 0.6 is 12.6 Å². The molecule has 1 heteroatoms. The molecule has 1 aromatic rings. The molecule has 0 aliphatic rings. The average molecular weight is 279 g/mol. The van der Waals surface area contributed by atoms with Crippen LogP contribution in [0.1, 0.15) is 69.8 Å². The van der Waals surface area contributed by atoms with E-state index in [0.29, 0.717) is 0 Å². The Hall–Kier alpha value is -0.430. The van der Waals surface area contributed by atoms with Crippen LogP contribution in [0, 0.1) is 0 Å². The van der Waals surface area contributed by atoms with E-state index in [-0.39, 0.29) is 0 Å². The quantitative estimate of drug-likeness (QED) is 0.349. The van der Waals surface area contributed by atoms with Crippen LogP contribution in [0.2, 0.25) is 0 Å². The summed E-state index contributed by atoms with van der Waals surface area (Å²) in [6.45, 7) is 0. The second-order valence-corrected chi connectivity index (χ2v) is 5.94. The van der Waals surface area contributed by atoms with E-state index < -0.39 is 0 Å². The van der Waals surface area contributed by atoms with Gasteiger partial charge in [0, 0.05) is 0 Å². The molecule has 0 nitrogen and oxygen atoms in total. The molecule has 1 aromatic carbocycles. The van der Waals surface area contributed by atoms with Crippen molar-refractivity contribution in [2.45, 2.75) is 70.6 Å². The molecular weight excluding hydrogens is 248 g/mol. The minimum atomic E-state index is 1.06. The largest absolute Gasteiger partial charge is 0.179 e. The van der Waals surface area contributed by atoms with Gasteiger partial charge in [0.25, 0.3) is 0 Å². The molecule has 0 aliphatic heterocycles. The Balaban J connectivity index is 1.79. The maximum Gasteiger partial charge on any atom is -0.00979 e. The fourth-order valence-corrected chi connectivity index (χ4v) is 2.72. The molecule has 0 N–H and O–H groups in total. The number of unbranched alkanes of at least 4 members (excludes halogenated alkanes) is 9. The molecule has 0 bridgehead atoms. The number of aryl methyl sites for hydroxylation is 1. The van der Waals surface area contributed by atoms with E-state index in [1.54, 1.807) is 0 Å². The third kappa shape index (κ3) is 10.1. The van der Waals surface area contributed by atoms with Crippen LogP contribution in [-0.4, -0.2) is 5.75 Å².